The highest BCUT2D eigenvalue weighted by atomic mass is 19.1. The van der Waals surface area contributed by atoms with Crippen molar-refractivity contribution in [1.29, 1.82) is 0 Å². The summed E-state index contributed by atoms with van der Waals surface area (Å²) in [4.78, 5) is 9.64. The van der Waals surface area contributed by atoms with E-state index in [1.807, 2.05) is 0 Å². The van der Waals surface area contributed by atoms with E-state index in [1.54, 1.807) is 0 Å². The van der Waals surface area contributed by atoms with Gasteiger partial charge in [-0.1, -0.05) is 0 Å². The minimum absolute atomic E-state index is 0.00870. The molecule has 1 aromatic carbocycles. The monoisotopic (exact) mass is 186 g/mol. The summed E-state index contributed by atoms with van der Waals surface area (Å²) in [5, 5.41) is 19.4. The zero-order chi connectivity index (χ0) is 10.8. The topological polar surface area (TPSA) is 63.4 Å². The van der Waals surface area contributed by atoms with E-state index in [0.29, 0.717) is 0 Å². The molecule has 0 saturated carbocycles. The molecule has 0 amide bonds. The number of hydrogen-bond donors (Lipinski definition) is 1. The van der Waals surface area contributed by atoms with E-state index in [1.165, 1.54) is 0 Å². The molecule has 0 aliphatic heterocycles. The van der Waals surface area contributed by atoms with Crippen molar-refractivity contribution in [3.63, 3.8) is 0 Å². The van der Waals surface area contributed by atoms with E-state index < -0.39 is 17.7 Å². The number of aliphatic hydroxyl groups is 1. The molecule has 0 aromatic heterocycles. The van der Waals surface area contributed by atoms with E-state index in [2.05, 4.69) is 0 Å². The molecule has 5 heteroatoms. The Morgan fingerprint density at radius 3 is 2.54 bits per heavy atom. The second kappa shape index (κ2) is 3.95. The maximum atomic E-state index is 12.1. The largest absolute Gasteiger partial charge is 0.386 e. The summed E-state index contributed by atoms with van der Waals surface area (Å²) < 4.78 is 19.2. The molecule has 1 atom stereocenters. The third-order valence-corrected chi connectivity index (χ3v) is 1.54. The number of nitro groups is 1. The molecule has 70 valence electrons. The van der Waals surface area contributed by atoms with Crippen molar-refractivity contribution in [2.45, 2.75) is 6.08 Å². The van der Waals surface area contributed by atoms with Gasteiger partial charge in [0.25, 0.3) is 5.69 Å². The second-order valence-electron chi connectivity index (χ2n) is 2.38. The fourth-order valence-electron chi connectivity index (χ4n) is 0.853. The maximum Gasteiger partial charge on any atom is 0.269 e. The van der Waals surface area contributed by atoms with E-state index >= 15 is 0 Å². The minimum atomic E-state index is -2.32. The van der Waals surface area contributed by atoms with Crippen molar-refractivity contribution >= 4 is 5.69 Å². The Bertz CT molecular complexity index is 339. The molecule has 0 spiro atoms. The van der Waals surface area contributed by atoms with Gasteiger partial charge in [-0.3, -0.25) is 10.1 Å². The third-order valence-electron chi connectivity index (χ3n) is 1.54. The molecule has 0 saturated heterocycles. The van der Waals surface area contributed by atoms with E-state index in [0.717, 1.165) is 24.3 Å². The van der Waals surface area contributed by atoms with Crippen LogP contribution in [0.4, 0.5) is 10.1 Å². The summed E-state index contributed by atoms with van der Waals surface area (Å²) in [6.45, 7) is -1.26. The third kappa shape index (κ3) is 2.22. The van der Waals surface area contributed by atoms with Gasteiger partial charge in [0.1, 0.15) is 12.8 Å². The Hall–Kier alpha value is -1.49. The van der Waals surface area contributed by atoms with Gasteiger partial charge in [-0.15, -0.1) is 0 Å². The lowest BCUT2D eigenvalue weighted by atomic mass is 10.1. The Labute approximate surface area is 75.2 Å². The summed E-state index contributed by atoms with van der Waals surface area (Å²) in [6, 6.07) is 4.55. The predicted octanol–water partition coefficient (Wildman–Crippen LogP) is 1.60. The van der Waals surface area contributed by atoms with Crippen LogP contribution >= 0.6 is 0 Å². The van der Waals surface area contributed by atoms with Crippen LogP contribution in [0.15, 0.2) is 24.3 Å². The van der Waals surface area contributed by atoms with E-state index in [9.17, 15) is 14.5 Å². The van der Waals surface area contributed by atoms with Crippen molar-refractivity contribution in [3.8, 4) is 0 Å². The highest BCUT2D eigenvalue weighted by molar-refractivity contribution is 5.33. The molecule has 13 heavy (non-hydrogen) atoms. The molecule has 0 aliphatic carbocycles. The van der Waals surface area contributed by atoms with Crippen LogP contribution in [0.1, 0.15) is 13.0 Å². The number of alkyl halides is 1. The first-order valence-electron chi connectivity index (χ1n) is 4.00. The maximum absolute atomic E-state index is 12.1. The zero-order valence-corrected chi connectivity index (χ0v) is 6.61. The summed E-state index contributed by atoms with van der Waals surface area (Å²) >= 11 is 0. The molecule has 1 unspecified atom stereocenters. The molecular formula is C8H8FNO3. The Morgan fingerprint density at radius 2 is 2.15 bits per heavy atom. The van der Waals surface area contributed by atoms with Crippen molar-refractivity contribution < 1.29 is 15.8 Å². The van der Waals surface area contributed by atoms with Gasteiger partial charge in [0.15, 0.2) is 0 Å². The van der Waals surface area contributed by atoms with Crippen LogP contribution in [0, 0.1) is 10.1 Å². The van der Waals surface area contributed by atoms with Crippen molar-refractivity contribution in [3.05, 3.63) is 39.9 Å². The van der Waals surface area contributed by atoms with Crippen LogP contribution < -0.4 is 0 Å². The molecule has 1 rings (SSSR count). The quantitative estimate of drug-likeness (QED) is 0.576. The van der Waals surface area contributed by atoms with Gasteiger partial charge in [-0.2, -0.15) is 0 Å². The molecular weight excluding hydrogens is 177 g/mol. The van der Waals surface area contributed by atoms with Gasteiger partial charge in [-0.05, 0) is 17.7 Å². The Kier molecular flexibility index (Phi) is 2.47. The smallest absolute Gasteiger partial charge is 0.269 e. The summed E-state index contributed by atoms with van der Waals surface area (Å²) in [7, 11) is 0. The SMILES string of the molecule is [2H]C(O)(CF)c1ccc([N+](=O)[O-])cc1. The Balaban J connectivity index is 2.99. The lowest BCUT2D eigenvalue weighted by Gasteiger charge is -2.04. The molecule has 0 fully saturated rings. The molecule has 0 radical (unpaired) electrons. The number of benzene rings is 1. The van der Waals surface area contributed by atoms with Gasteiger partial charge in [0.2, 0.25) is 0 Å². The zero-order valence-electron chi connectivity index (χ0n) is 7.61. The fraction of sp³-hybridized carbons (Fsp3) is 0.250. The van der Waals surface area contributed by atoms with Crippen LogP contribution in [0.2, 0.25) is 0 Å². The predicted molar refractivity (Wildman–Crippen MR) is 44.0 cm³/mol. The summed E-state index contributed by atoms with van der Waals surface area (Å²) in [6.07, 6.45) is -2.32. The molecule has 0 aliphatic rings. The minimum Gasteiger partial charge on any atom is -0.386 e. The molecule has 0 bridgehead atoms. The van der Waals surface area contributed by atoms with Crippen LogP contribution in [0.3, 0.4) is 0 Å². The lowest BCUT2D eigenvalue weighted by Crippen LogP contribution is -1.99. The van der Waals surface area contributed by atoms with Gasteiger partial charge in [-0.25, -0.2) is 4.39 Å². The summed E-state index contributed by atoms with van der Waals surface area (Å²) in [5.74, 6) is 0. The molecule has 0 heterocycles. The van der Waals surface area contributed by atoms with Gasteiger partial charge < -0.3 is 5.11 Å². The first kappa shape index (κ1) is 8.12. The average Bonchev–Trinajstić information content (AvgIpc) is 2.18. The van der Waals surface area contributed by atoms with Crippen molar-refractivity contribution in [2.24, 2.45) is 0 Å². The first-order valence-corrected chi connectivity index (χ1v) is 3.50. The number of nitrogens with zero attached hydrogens (tertiary/aromatic N) is 1. The fourth-order valence-corrected chi connectivity index (χ4v) is 0.853. The van der Waals surface area contributed by atoms with Gasteiger partial charge in [0.05, 0.1) is 6.29 Å². The number of hydrogen-bond acceptors (Lipinski definition) is 3. The summed E-state index contributed by atoms with van der Waals surface area (Å²) in [5.41, 5.74) is -0.172. The Morgan fingerprint density at radius 1 is 1.62 bits per heavy atom. The average molecular weight is 186 g/mol. The number of non-ortho nitro benzene ring substituents is 1. The number of halogens is 1. The van der Waals surface area contributed by atoms with Crippen LogP contribution in [-0.2, 0) is 0 Å². The van der Waals surface area contributed by atoms with Crippen LogP contribution in [0.5, 0.6) is 0 Å². The van der Waals surface area contributed by atoms with Gasteiger partial charge >= 0.3 is 0 Å². The highest BCUT2D eigenvalue weighted by Crippen LogP contribution is 2.17. The first-order chi connectivity index (χ1) is 6.47. The second-order valence-corrected chi connectivity index (χ2v) is 2.38. The molecule has 1 aromatic rings. The standard InChI is InChI=1S/C8H8FNO3/c9-5-8(11)6-1-3-7(4-2-6)10(12)13/h1-4,8,11H,5H2/i8D. The number of rotatable bonds is 3. The van der Waals surface area contributed by atoms with Crippen LogP contribution in [0.25, 0.3) is 0 Å². The van der Waals surface area contributed by atoms with E-state index in [4.69, 9.17) is 6.48 Å². The van der Waals surface area contributed by atoms with Gasteiger partial charge in [0, 0.05) is 12.1 Å². The van der Waals surface area contributed by atoms with Crippen LogP contribution in [-0.4, -0.2) is 16.7 Å². The lowest BCUT2D eigenvalue weighted by molar-refractivity contribution is -0.384. The molecule has 1 N–H and O–H groups in total. The van der Waals surface area contributed by atoms with Crippen molar-refractivity contribution in [1.82, 2.24) is 0 Å². The van der Waals surface area contributed by atoms with E-state index in [-0.39, 0.29) is 11.3 Å². The highest BCUT2D eigenvalue weighted by Gasteiger charge is 2.09. The van der Waals surface area contributed by atoms with Crippen molar-refractivity contribution in [2.75, 3.05) is 6.67 Å². The molecule has 4 nitrogen and oxygen atoms in total. The normalized spacial score (nSPS) is 16.0. The number of nitro benzene ring substituents is 1.